The lowest BCUT2D eigenvalue weighted by Crippen LogP contribution is -2.39. The molecule has 0 radical (unpaired) electrons. The Bertz CT molecular complexity index is 470. The third kappa shape index (κ3) is 2.56. The molecule has 2 fully saturated rings. The Kier molecular flexibility index (Phi) is 3.72. The van der Waals surface area contributed by atoms with E-state index in [1.807, 2.05) is 12.1 Å². The first-order valence-electron chi connectivity index (χ1n) is 7.82. The third-order valence-electron chi connectivity index (χ3n) is 5.28. The van der Waals surface area contributed by atoms with Gasteiger partial charge in [-0.1, -0.05) is 18.9 Å². The first-order valence-corrected chi connectivity index (χ1v) is 7.82. The molecule has 1 N–H and O–H groups in total. The maximum Gasteiger partial charge on any atom is 0.146 e. The van der Waals surface area contributed by atoms with Crippen molar-refractivity contribution in [2.45, 2.75) is 51.6 Å². The topological polar surface area (TPSA) is 23.5 Å². The molecule has 3 heteroatoms. The van der Waals surface area contributed by atoms with E-state index in [-0.39, 0.29) is 5.82 Å². The van der Waals surface area contributed by atoms with Gasteiger partial charge >= 0.3 is 0 Å². The smallest absolute Gasteiger partial charge is 0.146 e. The molecule has 1 aliphatic heterocycles. The highest BCUT2D eigenvalue weighted by atomic mass is 19.1. The van der Waals surface area contributed by atoms with Gasteiger partial charge in [-0.15, -0.1) is 0 Å². The van der Waals surface area contributed by atoms with E-state index in [1.54, 1.807) is 6.92 Å². The lowest BCUT2D eigenvalue weighted by molar-refractivity contribution is 0.199. The first-order chi connectivity index (χ1) is 9.60. The van der Waals surface area contributed by atoms with Crippen LogP contribution in [-0.2, 0) is 0 Å². The van der Waals surface area contributed by atoms with Gasteiger partial charge in [0.15, 0.2) is 0 Å². The third-order valence-corrected chi connectivity index (χ3v) is 5.28. The molecule has 0 unspecified atom stereocenters. The quantitative estimate of drug-likeness (QED) is 0.882. The van der Waals surface area contributed by atoms with Gasteiger partial charge in [-0.25, -0.2) is 4.39 Å². The molecule has 20 heavy (non-hydrogen) atoms. The van der Waals surface area contributed by atoms with Crippen molar-refractivity contribution in [3.63, 3.8) is 0 Å². The molecule has 2 aliphatic rings. The number of aliphatic hydroxyl groups is 1. The van der Waals surface area contributed by atoms with Crippen LogP contribution in [0.4, 0.5) is 10.1 Å². The summed E-state index contributed by atoms with van der Waals surface area (Å²) < 4.78 is 14.2. The summed E-state index contributed by atoms with van der Waals surface area (Å²) >= 11 is 0. The molecule has 1 aliphatic carbocycles. The highest BCUT2D eigenvalue weighted by Gasteiger charge is 2.37. The van der Waals surface area contributed by atoms with E-state index in [4.69, 9.17) is 0 Å². The van der Waals surface area contributed by atoms with Crippen LogP contribution < -0.4 is 4.90 Å². The van der Waals surface area contributed by atoms with Crippen LogP contribution in [0.2, 0.25) is 0 Å². The van der Waals surface area contributed by atoms with Crippen LogP contribution >= 0.6 is 0 Å². The number of piperidine rings is 1. The maximum absolute atomic E-state index is 14.2. The van der Waals surface area contributed by atoms with E-state index in [2.05, 4.69) is 4.90 Å². The fourth-order valence-corrected chi connectivity index (χ4v) is 3.89. The van der Waals surface area contributed by atoms with Crippen molar-refractivity contribution in [1.29, 1.82) is 0 Å². The van der Waals surface area contributed by atoms with Gasteiger partial charge < -0.3 is 10.0 Å². The Hall–Kier alpha value is -1.09. The number of hydrogen-bond acceptors (Lipinski definition) is 2. The van der Waals surface area contributed by atoms with Crippen molar-refractivity contribution < 1.29 is 9.50 Å². The standard InChI is InChI=1S/C17H24FNO/c1-13(20)14-4-5-16(15(18)12-14)19-10-8-17(9-11-19)6-2-3-7-17/h4-5,12-13,20H,2-3,6-11H2,1H3/t13-/m0/s1. The molecule has 110 valence electrons. The van der Waals surface area contributed by atoms with Gasteiger partial charge in [0, 0.05) is 13.1 Å². The predicted molar refractivity (Wildman–Crippen MR) is 79.4 cm³/mol. The normalized spacial score (nSPS) is 23.2. The minimum atomic E-state index is -0.610. The Labute approximate surface area is 120 Å². The number of rotatable bonds is 2. The Morgan fingerprint density at radius 2 is 1.80 bits per heavy atom. The Morgan fingerprint density at radius 3 is 2.35 bits per heavy atom. The lowest BCUT2D eigenvalue weighted by Gasteiger charge is -2.40. The van der Waals surface area contributed by atoms with E-state index in [0.29, 0.717) is 16.7 Å². The molecule has 1 atom stereocenters. The van der Waals surface area contributed by atoms with Crippen LogP contribution in [0, 0.1) is 11.2 Å². The maximum atomic E-state index is 14.2. The Morgan fingerprint density at radius 1 is 1.15 bits per heavy atom. The zero-order chi connectivity index (χ0) is 14.2. The number of anilines is 1. The van der Waals surface area contributed by atoms with Gasteiger partial charge in [0.25, 0.3) is 0 Å². The molecule has 0 aromatic heterocycles. The average Bonchev–Trinajstić information content (AvgIpc) is 2.88. The second kappa shape index (κ2) is 5.36. The van der Waals surface area contributed by atoms with Gasteiger partial charge in [0.05, 0.1) is 11.8 Å². The number of halogens is 1. The summed E-state index contributed by atoms with van der Waals surface area (Å²) in [4.78, 5) is 2.17. The molecule has 1 spiro atoms. The summed E-state index contributed by atoms with van der Waals surface area (Å²) in [6, 6.07) is 5.13. The van der Waals surface area contributed by atoms with Gasteiger partial charge in [-0.3, -0.25) is 0 Å². The average molecular weight is 277 g/mol. The summed E-state index contributed by atoms with van der Waals surface area (Å²) in [7, 11) is 0. The number of aliphatic hydroxyl groups excluding tert-OH is 1. The van der Waals surface area contributed by atoms with Gasteiger partial charge in [-0.2, -0.15) is 0 Å². The summed E-state index contributed by atoms with van der Waals surface area (Å²) in [5.41, 5.74) is 1.91. The molecule has 0 amide bonds. The number of hydrogen-bond donors (Lipinski definition) is 1. The van der Waals surface area contributed by atoms with Crippen LogP contribution in [0.15, 0.2) is 18.2 Å². The molecule has 2 nitrogen and oxygen atoms in total. The predicted octanol–water partition coefficient (Wildman–Crippen LogP) is 4.04. The minimum absolute atomic E-state index is 0.203. The zero-order valence-electron chi connectivity index (χ0n) is 12.2. The molecule has 1 aromatic carbocycles. The van der Waals surface area contributed by atoms with Crippen molar-refractivity contribution >= 4 is 5.69 Å². The van der Waals surface area contributed by atoms with Crippen LogP contribution in [-0.4, -0.2) is 18.2 Å². The van der Waals surface area contributed by atoms with Crippen molar-refractivity contribution in [3.8, 4) is 0 Å². The molecular formula is C17H24FNO. The molecule has 3 rings (SSSR count). The molecule has 1 aromatic rings. The zero-order valence-corrected chi connectivity index (χ0v) is 12.2. The van der Waals surface area contributed by atoms with E-state index < -0.39 is 6.10 Å². The number of benzene rings is 1. The van der Waals surface area contributed by atoms with Crippen molar-refractivity contribution in [3.05, 3.63) is 29.6 Å². The second-order valence-corrected chi connectivity index (χ2v) is 6.58. The van der Waals surface area contributed by atoms with Crippen LogP contribution in [0.5, 0.6) is 0 Å². The van der Waals surface area contributed by atoms with Crippen LogP contribution in [0.25, 0.3) is 0 Å². The highest BCUT2D eigenvalue weighted by molar-refractivity contribution is 5.50. The first kappa shape index (κ1) is 13.9. The summed E-state index contributed by atoms with van der Waals surface area (Å²) in [5.74, 6) is -0.203. The van der Waals surface area contributed by atoms with Crippen molar-refractivity contribution in [2.75, 3.05) is 18.0 Å². The summed E-state index contributed by atoms with van der Waals surface area (Å²) in [6.07, 6.45) is 7.26. The van der Waals surface area contributed by atoms with Crippen molar-refractivity contribution in [2.24, 2.45) is 5.41 Å². The second-order valence-electron chi connectivity index (χ2n) is 6.58. The van der Waals surface area contributed by atoms with E-state index in [1.165, 1.54) is 44.6 Å². The molecule has 1 heterocycles. The lowest BCUT2D eigenvalue weighted by atomic mass is 9.77. The molecule has 0 bridgehead atoms. The van der Waals surface area contributed by atoms with E-state index in [0.717, 1.165) is 13.1 Å². The SMILES string of the molecule is C[C@H](O)c1ccc(N2CCC3(CCCC3)CC2)c(F)c1. The van der Waals surface area contributed by atoms with Crippen molar-refractivity contribution in [1.82, 2.24) is 0 Å². The fourth-order valence-electron chi connectivity index (χ4n) is 3.89. The highest BCUT2D eigenvalue weighted by Crippen LogP contribution is 2.46. The van der Waals surface area contributed by atoms with E-state index in [9.17, 15) is 9.50 Å². The minimum Gasteiger partial charge on any atom is -0.389 e. The van der Waals surface area contributed by atoms with Gasteiger partial charge in [-0.05, 0) is 55.7 Å². The van der Waals surface area contributed by atoms with Crippen LogP contribution in [0.3, 0.4) is 0 Å². The Balaban J connectivity index is 1.71. The largest absolute Gasteiger partial charge is 0.389 e. The molecule has 1 saturated heterocycles. The van der Waals surface area contributed by atoms with E-state index >= 15 is 0 Å². The van der Waals surface area contributed by atoms with Gasteiger partial charge in [0.1, 0.15) is 5.82 Å². The molecule has 1 saturated carbocycles. The van der Waals surface area contributed by atoms with Crippen LogP contribution in [0.1, 0.15) is 57.1 Å². The summed E-state index contributed by atoms with van der Waals surface area (Å²) in [5, 5.41) is 9.51. The molecular weight excluding hydrogens is 253 g/mol. The fraction of sp³-hybridized carbons (Fsp3) is 0.647. The number of nitrogens with zero attached hydrogens (tertiary/aromatic N) is 1. The summed E-state index contributed by atoms with van der Waals surface area (Å²) in [6.45, 7) is 3.59. The van der Waals surface area contributed by atoms with Gasteiger partial charge in [0.2, 0.25) is 0 Å². The monoisotopic (exact) mass is 277 g/mol.